The van der Waals surface area contributed by atoms with Crippen molar-refractivity contribution >= 4 is 11.5 Å². The summed E-state index contributed by atoms with van der Waals surface area (Å²) < 4.78 is 1.41. The van der Waals surface area contributed by atoms with Crippen LogP contribution < -0.4 is 0 Å². The number of aromatic amines is 1. The largest absolute Gasteiger partial charge is 0.492 e. The normalized spacial score (nSPS) is 11.7. The second-order valence-electron chi connectivity index (χ2n) is 7.99. The van der Waals surface area contributed by atoms with E-state index < -0.39 is 0 Å². The van der Waals surface area contributed by atoms with E-state index in [4.69, 9.17) is 0 Å². The van der Waals surface area contributed by atoms with E-state index >= 15 is 0 Å². The Labute approximate surface area is 179 Å². The van der Waals surface area contributed by atoms with Crippen LogP contribution in [-0.2, 0) is 5.41 Å². The molecule has 2 heterocycles. The van der Waals surface area contributed by atoms with Gasteiger partial charge < -0.3 is 5.11 Å². The van der Waals surface area contributed by atoms with Crippen molar-refractivity contribution in [2.24, 2.45) is 10.2 Å². The molecule has 0 radical (unpaired) electrons. The van der Waals surface area contributed by atoms with E-state index in [0.29, 0.717) is 22.6 Å². The zero-order valence-corrected chi connectivity index (χ0v) is 17.4. The second-order valence-corrected chi connectivity index (χ2v) is 7.99. The summed E-state index contributed by atoms with van der Waals surface area (Å²) in [6.07, 6.45) is 0. The van der Waals surface area contributed by atoms with Gasteiger partial charge in [-0.3, -0.25) is 5.10 Å². The first kappa shape index (κ1) is 20.0. The van der Waals surface area contributed by atoms with Crippen molar-refractivity contribution < 1.29 is 5.11 Å². The summed E-state index contributed by atoms with van der Waals surface area (Å²) in [6.45, 7) is 5.90. The minimum atomic E-state index is -0.329. The van der Waals surface area contributed by atoms with Gasteiger partial charge in [-0.15, -0.1) is 10.2 Å². The molecular weight excluding hydrogens is 390 g/mol. The first-order valence-corrected chi connectivity index (χ1v) is 9.73. The molecule has 0 aliphatic carbocycles. The van der Waals surface area contributed by atoms with Crippen molar-refractivity contribution in [1.82, 2.24) is 20.0 Å². The number of nitrogens with one attached hydrogen (secondary N) is 1. The van der Waals surface area contributed by atoms with Gasteiger partial charge in [-0.25, -0.2) is 0 Å². The number of benzene rings is 2. The summed E-state index contributed by atoms with van der Waals surface area (Å²) >= 11 is 0. The minimum absolute atomic E-state index is 0.150. The Morgan fingerprint density at radius 2 is 1.65 bits per heavy atom. The number of azo groups is 1. The van der Waals surface area contributed by atoms with Crippen LogP contribution in [0.15, 0.2) is 70.9 Å². The van der Waals surface area contributed by atoms with Crippen LogP contribution in [0.2, 0.25) is 0 Å². The molecule has 0 aliphatic rings. The third-order valence-electron chi connectivity index (χ3n) is 4.70. The van der Waals surface area contributed by atoms with Gasteiger partial charge in [0.25, 0.3) is 0 Å². The molecule has 2 aromatic heterocycles. The summed E-state index contributed by atoms with van der Waals surface area (Å²) in [5, 5.41) is 40.6. The minimum Gasteiger partial charge on any atom is -0.492 e. The Morgan fingerprint density at radius 1 is 1.00 bits per heavy atom. The van der Waals surface area contributed by atoms with Gasteiger partial charge in [0.05, 0.1) is 11.4 Å². The lowest BCUT2D eigenvalue weighted by molar-refractivity contribution is 0.434. The molecule has 154 valence electrons. The average Bonchev–Trinajstić information content (AvgIpc) is 3.34. The number of aromatic hydroxyl groups is 1. The topological polar surface area (TPSA) is 115 Å². The van der Waals surface area contributed by atoms with Gasteiger partial charge in [0.2, 0.25) is 5.88 Å². The van der Waals surface area contributed by atoms with Crippen LogP contribution in [0.5, 0.6) is 5.88 Å². The van der Waals surface area contributed by atoms with Gasteiger partial charge in [0.1, 0.15) is 17.3 Å². The third kappa shape index (κ3) is 3.81. The van der Waals surface area contributed by atoms with Crippen molar-refractivity contribution in [3.63, 3.8) is 0 Å². The molecule has 2 N–H and O–H groups in total. The highest BCUT2D eigenvalue weighted by molar-refractivity contribution is 5.76. The van der Waals surface area contributed by atoms with E-state index in [1.807, 2.05) is 81.4 Å². The lowest BCUT2D eigenvalue weighted by atomic mass is 9.90. The SMILES string of the molecule is CC(C)(C)c1n[nH]c(/N=N/c2c(-c3ccccc3)nn(-c3ccccc3)c2O)c1C#N. The molecule has 31 heavy (non-hydrogen) atoms. The van der Waals surface area contributed by atoms with E-state index in [-0.39, 0.29) is 22.8 Å². The number of hydrogen-bond donors (Lipinski definition) is 2. The van der Waals surface area contributed by atoms with Gasteiger partial charge >= 0.3 is 0 Å². The molecular formula is C23H21N7O. The van der Waals surface area contributed by atoms with Crippen LogP contribution in [0.25, 0.3) is 16.9 Å². The highest BCUT2D eigenvalue weighted by Crippen LogP contribution is 2.40. The van der Waals surface area contributed by atoms with E-state index in [2.05, 4.69) is 31.6 Å². The zero-order chi connectivity index (χ0) is 22.0. The van der Waals surface area contributed by atoms with Crippen molar-refractivity contribution in [1.29, 1.82) is 5.26 Å². The Hall–Kier alpha value is -4.25. The zero-order valence-electron chi connectivity index (χ0n) is 17.4. The Balaban J connectivity index is 1.84. The number of nitriles is 1. The molecule has 2 aromatic carbocycles. The van der Waals surface area contributed by atoms with Gasteiger partial charge in [0.15, 0.2) is 11.5 Å². The molecule has 8 heteroatoms. The van der Waals surface area contributed by atoms with Crippen LogP contribution in [-0.4, -0.2) is 25.1 Å². The molecule has 0 unspecified atom stereocenters. The van der Waals surface area contributed by atoms with Crippen LogP contribution in [0.4, 0.5) is 11.5 Å². The lowest BCUT2D eigenvalue weighted by Gasteiger charge is -2.14. The molecule has 0 fully saturated rings. The quantitative estimate of drug-likeness (QED) is 0.428. The fourth-order valence-electron chi connectivity index (χ4n) is 3.19. The lowest BCUT2D eigenvalue weighted by Crippen LogP contribution is -2.13. The van der Waals surface area contributed by atoms with E-state index in [1.165, 1.54) is 4.68 Å². The summed E-state index contributed by atoms with van der Waals surface area (Å²) in [4.78, 5) is 0. The van der Waals surface area contributed by atoms with Crippen LogP contribution in [0.1, 0.15) is 32.0 Å². The Kier molecular flexibility index (Phi) is 5.09. The molecule has 0 saturated carbocycles. The maximum atomic E-state index is 10.9. The summed E-state index contributed by atoms with van der Waals surface area (Å²) in [5.41, 5.74) is 2.74. The van der Waals surface area contributed by atoms with Crippen LogP contribution in [0.3, 0.4) is 0 Å². The highest BCUT2D eigenvalue weighted by Gasteiger charge is 2.25. The van der Waals surface area contributed by atoms with Gasteiger partial charge in [0, 0.05) is 11.0 Å². The van der Waals surface area contributed by atoms with Crippen molar-refractivity contribution in [2.45, 2.75) is 26.2 Å². The maximum absolute atomic E-state index is 10.9. The van der Waals surface area contributed by atoms with Gasteiger partial charge in [-0.05, 0) is 12.1 Å². The molecule has 0 atom stereocenters. The molecule has 0 aliphatic heterocycles. The molecule has 0 bridgehead atoms. The second kappa shape index (κ2) is 7.88. The smallest absolute Gasteiger partial charge is 0.243 e. The van der Waals surface area contributed by atoms with Crippen molar-refractivity contribution in [2.75, 3.05) is 0 Å². The standard InChI is InChI=1S/C23H21N7O/c1-23(2,3)20-17(14-24)21(28-26-20)27-25-19-18(15-10-6-4-7-11-15)29-30(22(19)31)16-12-8-5-9-13-16/h4-13,31H,1-3H3,(H,26,28)/b27-25+. The fourth-order valence-corrected chi connectivity index (χ4v) is 3.19. The summed E-state index contributed by atoms with van der Waals surface area (Å²) in [6, 6.07) is 20.8. The Bertz CT molecular complexity index is 1270. The van der Waals surface area contributed by atoms with Crippen LogP contribution >= 0.6 is 0 Å². The molecule has 8 nitrogen and oxygen atoms in total. The number of aromatic nitrogens is 4. The van der Waals surface area contributed by atoms with Crippen molar-refractivity contribution in [3.05, 3.63) is 71.9 Å². The molecule has 0 amide bonds. The highest BCUT2D eigenvalue weighted by atomic mass is 16.3. The van der Waals surface area contributed by atoms with Crippen LogP contribution in [0, 0.1) is 11.3 Å². The first-order chi connectivity index (χ1) is 14.9. The van der Waals surface area contributed by atoms with Gasteiger partial charge in [-0.1, -0.05) is 69.3 Å². The predicted molar refractivity (Wildman–Crippen MR) is 117 cm³/mol. The average molecular weight is 411 g/mol. The third-order valence-corrected chi connectivity index (χ3v) is 4.70. The molecule has 4 aromatic rings. The fraction of sp³-hybridized carbons (Fsp3) is 0.174. The monoisotopic (exact) mass is 411 g/mol. The molecule has 0 saturated heterocycles. The number of para-hydroxylation sites is 1. The molecule has 0 spiro atoms. The van der Waals surface area contributed by atoms with E-state index in [1.54, 1.807) is 0 Å². The number of H-pyrrole nitrogens is 1. The summed E-state index contributed by atoms with van der Waals surface area (Å²) in [5.74, 6) is 0.0844. The predicted octanol–water partition coefficient (Wildman–Crippen LogP) is 5.55. The Morgan fingerprint density at radius 3 is 2.26 bits per heavy atom. The van der Waals surface area contributed by atoms with Crippen molar-refractivity contribution in [3.8, 4) is 28.9 Å². The first-order valence-electron chi connectivity index (χ1n) is 9.73. The number of hydrogen-bond acceptors (Lipinski definition) is 6. The number of rotatable bonds is 4. The molecule has 4 rings (SSSR count). The summed E-state index contributed by atoms with van der Waals surface area (Å²) in [7, 11) is 0. The van der Waals surface area contributed by atoms with E-state index in [0.717, 1.165) is 5.56 Å². The maximum Gasteiger partial charge on any atom is 0.243 e. The van der Waals surface area contributed by atoms with Gasteiger partial charge in [-0.2, -0.15) is 20.1 Å². The van der Waals surface area contributed by atoms with E-state index in [9.17, 15) is 10.4 Å². The number of nitrogens with zero attached hydrogens (tertiary/aromatic N) is 6.